The molecule has 0 unspecified atom stereocenters. The normalized spacial score (nSPS) is 10.7. The summed E-state index contributed by atoms with van der Waals surface area (Å²) in [7, 11) is 0. The van der Waals surface area contributed by atoms with Gasteiger partial charge in [0.05, 0.1) is 0 Å². The van der Waals surface area contributed by atoms with Crippen molar-refractivity contribution in [1.29, 1.82) is 0 Å². The molecule has 0 atom stereocenters. The second-order valence-electron chi connectivity index (χ2n) is 6.56. The van der Waals surface area contributed by atoms with Gasteiger partial charge in [-0.05, 0) is 44.2 Å². The Labute approximate surface area is 149 Å². The number of hydrogen-bond acceptors (Lipinski definition) is 1. The summed E-state index contributed by atoms with van der Waals surface area (Å²) in [5.74, 6) is 1.13. The molecule has 1 aromatic rings. The Balaban J connectivity index is 2.42. The molecule has 0 aromatic heterocycles. The van der Waals surface area contributed by atoms with E-state index in [1.807, 2.05) is 11.8 Å². The van der Waals surface area contributed by atoms with Gasteiger partial charge in [0.25, 0.3) is 0 Å². The average Bonchev–Trinajstić information content (AvgIpc) is 2.56. The Morgan fingerprint density at radius 2 is 1.48 bits per heavy atom. The van der Waals surface area contributed by atoms with Crippen LogP contribution in [-0.4, -0.2) is 5.75 Å². The zero-order valence-corrected chi connectivity index (χ0v) is 16.4. The highest BCUT2D eigenvalue weighted by atomic mass is 32.2. The van der Waals surface area contributed by atoms with E-state index in [1.165, 1.54) is 74.7 Å². The quantitative estimate of drug-likeness (QED) is 0.200. The van der Waals surface area contributed by atoms with Gasteiger partial charge in [-0.2, -0.15) is 0 Å². The molecule has 0 aliphatic heterocycles. The van der Waals surface area contributed by atoms with Gasteiger partial charge in [0.15, 0.2) is 0 Å². The highest BCUT2D eigenvalue weighted by Gasteiger charge is 2.01. The van der Waals surface area contributed by atoms with Gasteiger partial charge in [-0.25, -0.2) is 0 Å². The summed E-state index contributed by atoms with van der Waals surface area (Å²) in [6.07, 6.45) is 16.2. The van der Waals surface area contributed by atoms with Crippen LogP contribution in [0.4, 0.5) is 0 Å². The molecule has 130 valence electrons. The van der Waals surface area contributed by atoms with Crippen molar-refractivity contribution in [3.8, 4) is 0 Å². The minimum Gasteiger partial charge on any atom is -0.122 e. The van der Waals surface area contributed by atoms with E-state index in [1.54, 1.807) is 5.57 Å². The molecule has 0 fully saturated rings. The predicted octanol–water partition coefficient (Wildman–Crippen LogP) is 7.95. The molecule has 1 aromatic carbocycles. The van der Waals surface area contributed by atoms with Crippen molar-refractivity contribution in [3.05, 3.63) is 41.5 Å². The number of hydrogen-bond donors (Lipinski definition) is 0. The van der Waals surface area contributed by atoms with Crippen LogP contribution >= 0.6 is 11.8 Å². The Morgan fingerprint density at radius 1 is 0.870 bits per heavy atom. The van der Waals surface area contributed by atoms with Crippen LogP contribution in [0, 0.1) is 6.92 Å². The van der Waals surface area contributed by atoms with Crippen molar-refractivity contribution in [3.63, 3.8) is 0 Å². The maximum absolute atomic E-state index is 2.52. The average molecular weight is 333 g/mol. The molecule has 0 bridgehead atoms. The number of benzene rings is 1. The van der Waals surface area contributed by atoms with Crippen LogP contribution in [0.15, 0.2) is 40.8 Å². The van der Waals surface area contributed by atoms with Crippen LogP contribution in [0.1, 0.15) is 83.6 Å². The van der Waals surface area contributed by atoms with Crippen molar-refractivity contribution >= 4 is 11.8 Å². The van der Waals surface area contributed by atoms with Crippen LogP contribution in [0.5, 0.6) is 0 Å². The summed E-state index contributed by atoms with van der Waals surface area (Å²) in [5.41, 5.74) is 3.11. The van der Waals surface area contributed by atoms with Gasteiger partial charge < -0.3 is 0 Å². The van der Waals surface area contributed by atoms with Crippen LogP contribution in [0.3, 0.4) is 0 Å². The van der Waals surface area contributed by atoms with E-state index in [2.05, 4.69) is 51.1 Å². The molecule has 0 aliphatic rings. The number of rotatable bonds is 13. The first kappa shape index (κ1) is 20.4. The summed E-state index contributed by atoms with van der Waals surface area (Å²) in [5, 5.41) is 0. The fourth-order valence-electron chi connectivity index (χ4n) is 2.85. The van der Waals surface area contributed by atoms with Gasteiger partial charge in [0.2, 0.25) is 0 Å². The Morgan fingerprint density at radius 3 is 2.04 bits per heavy atom. The lowest BCUT2D eigenvalue weighted by Crippen LogP contribution is -1.89. The fraction of sp³-hybridized carbons (Fsp3) is 0.636. The van der Waals surface area contributed by atoms with Crippen LogP contribution < -0.4 is 0 Å². The number of allylic oxidation sites excluding steroid dienone is 1. The number of unbranched alkanes of at least 4 members (excludes halogenated alkanes) is 6. The number of thioether (sulfide) groups is 1. The second-order valence-corrected chi connectivity index (χ2v) is 7.62. The summed E-state index contributed by atoms with van der Waals surface area (Å²) in [4.78, 5) is 1.43. The van der Waals surface area contributed by atoms with Crippen LogP contribution in [-0.2, 0) is 0 Å². The lowest BCUT2D eigenvalue weighted by atomic mass is 10.0. The smallest absolute Gasteiger partial charge is 0.0163 e. The summed E-state index contributed by atoms with van der Waals surface area (Å²) in [6, 6.07) is 8.73. The van der Waals surface area contributed by atoms with Gasteiger partial charge in [0.1, 0.15) is 0 Å². The monoisotopic (exact) mass is 332 g/mol. The molecule has 0 amide bonds. The minimum absolute atomic E-state index is 1.13. The predicted molar refractivity (Wildman–Crippen MR) is 108 cm³/mol. The SMILES string of the molecule is CCCCCCC(=CCSc1ccccc1C)CCCCCC. The Bertz CT molecular complexity index is 419. The maximum Gasteiger partial charge on any atom is 0.0163 e. The molecule has 0 N–H and O–H groups in total. The summed E-state index contributed by atoms with van der Waals surface area (Å²) >= 11 is 1.99. The maximum atomic E-state index is 2.52. The molecule has 23 heavy (non-hydrogen) atoms. The van der Waals surface area contributed by atoms with Crippen LogP contribution in [0.25, 0.3) is 0 Å². The molecule has 0 spiro atoms. The molecular formula is C22H36S. The molecular weight excluding hydrogens is 296 g/mol. The second kappa shape index (κ2) is 13.7. The van der Waals surface area contributed by atoms with Crippen molar-refractivity contribution < 1.29 is 0 Å². The third kappa shape index (κ3) is 9.91. The van der Waals surface area contributed by atoms with E-state index in [9.17, 15) is 0 Å². The third-order valence-electron chi connectivity index (χ3n) is 4.41. The van der Waals surface area contributed by atoms with E-state index in [-0.39, 0.29) is 0 Å². The molecule has 0 nitrogen and oxygen atoms in total. The first-order valence-electron chi connectivity index (χ1n) is 9.64. The highest BCUT2D eigenvalue weighted by Crippen LogP contribution is 2.24. The van der Waals surface area contributed by atoms with E-state index in [4.69, 9.17) is 0 Å². The number of aryl methyl sites for hydroxylation is 1. The van der Waals surface area contributed by atoms with E-state index < -0.39 is 0 Å². The Kier molecular flexibility index (Phi) is 12.1. The molecule has 1 heteroatoms. The topological polar surface area (TPSA) is 0 Å². The van der Waals surface area contributed by atoms with E-state index in [0.29, 0.717) is 0 Å². The highest BCUT2D eigenvalue weighted by molar-refractivity contribution is 7.99. The van der Waals surface area contributed by atoms with Crippen LogP contribution in [0.2, 0.25) is 0 Å². The Hall–Kier alpha value is -0.690. The van der Waals surface area contributed by atoms with Crippen molar-refractivity contribution in [2.45, 2.75) is 89.9 Å². The molecule has 0 radical (unpaired) electrons. The zero-order valence-electron chi connectivity index (χ0n) is 15.6. The van der Waals surface area contributed by atoms with E-state index in [0.717, 1.165) is 5.75 Å². The molecule has 0 aliphatic carbocycles. The largest absolute Gasteiger partial charge is 0.122 e. The van der Waals surface area contributed by atoms with Crippen molar-refractivity contribution in [1.82, 2.24) is 0 Å². The van der Waals surface area contributed by atoms with Crippen molar-refractivity contribution in [2.75, 3.05) is 5.75 Å². The summed E-state index contributed by atoms with van der Waals surface area (Å²) < 4.78 is 0. The summed E-state index contributed by atoms with van der Waals surface area (Å²) in [6.45, 7) is 6.79. The molecule has 0 saturated heterocycles. The van der Waals surface area contributed by atoms with Gasteiger partial charge in [-0.15, -0.1) is 11.8 Å². The molecule has 0 heterocycles. The minimum atomic E-state index is 1.13. The molecule has 0 saturated carbocycles. The first-order valence-corrected chi connectivity index (χ1v) is 10.6. The fourth-order valence-corrected chi connectivity index (χ4v) is 3.82. The van der Waals surface area contributed by atoms with Gasteiger partial charge in [-0.3, -0.25) is 0 Å². The molecule has 1 rings (SSSR count). The van der Waals surface area contributed by atoms with Crippen molar-refractivity contribution in [2.24, 2.45) is 0 Å². The third-order valence-corrected chi connectivity index (χ3v) is 5.51. The zero-order chi connectivity index (χ0) is 16.8. The first-order chi connectivity index (χ1) is 11.3. The van der Waals surface area contributed by atoms with Gasteiger partial charge in [0, 0.05) is 10.6 Å². The lowest BCUT2D eigenvalue weighted by Gasteiger charge is -2.09. The van der Waals surface area contributed by atoms with Gasteiger partial charge in [-0.1, -0.05) is 82.2 Å². The van der Waals surface area contributed by atoms with E-state index >= 15 is 0 Å². The van der Waals surface area contributed by atoms with Gasteiger partial charge >= 0.3 is 0 Å². The standard InChI is InChI=1S/C22H36S/c1-4-6-8-10-15-21(16-11-9-7-5-2)18-19-23-22-17-13-12-14-20(22)3/h12-14,17-18H,4-11,15-16,19H2,1-3H3. The lowest BCUT2D eigenvalue weighted by molar-refractivity contribution is 0.624.